The Morgan fingerprint density at radius 3 is 2.62 bits per heavy atom. The molecular weight excluding hydrogens is 426 g/mol. The molecule has 1 aliphatic heterocycles. The van der Waals surface area contributed by atoms with Crippen LogP contribution >= 0.6 is 11.6 Å². The summed E-state index contributed by atoms with van der Waals surface area (Å²) in [5.74, 6) is 0.134. The third-order valence-electron chi connectivity index (χ3n) is 5.69. The fourth-order valence-corrected chi connectivity index (χ4v) is 4.19. The second-order valence-corrected chi connectivity index (χ2v) is 8.36. The molecule has 3 aromatic rings. The third-order valence-corrected chi connectivity index (χ3v) is 5.94. The highest BCUT2D eigenvalue weighted by atomic mass is 35.5. The van der Waals surface area contributed by atoms with E-state index in [4.69, 9.17) is 16.3 Å². The van der Waals surface area contributed by atoms with Crippen molar-refractivity contribution in [2.45, 2.75) is 45.3 Å². The Morgan fingerprint density at radius 2 is 1.94 bits per heavy atom. The van der Waals surface area contributed by atoms with Crippen LogP contribution < -0.4 is 9.64 Å². The fraction of sp³-hybridized carbons (Fsp3) is 0.320. The lowest BCUT2D eigenvalue weighted by Gasteiger charge is -2.25. The SMILES string of the molecule is CCCc1ccc(OCc2nc(N3CCC[C@@H]3c3ccc(Cl)cc3)ncc2C(=O)O)cc1. The monoisotopic (exact) mass is 451 g/mol. The molecule has 2 heterocycles. The molecule has 7 heteroatoms. The molecule has 1 atom stereocenters. The van der Waals surface area contributed by atoms with Gasteiger partial charge in [0.15, 0.2) is 0 Å². The number of aromatic nitrogens is 2. The van der Waals surface area contributed by atoms with E-state index in [2.05, 4.69) is 21.8 Å². The molecule has 1 aromatic heterocycles. The number of hydrogen-bond acceptors (Lipinski definition) is 5. The Kier molecular flexibility index (Phi) is 6.90. The molecule has 0 unspecified atom stereocenters. The quantitative estimate of drug-likeness (QED) is 0.473. The zero-order valence-corrected chi connectivity index (χ0v) is 18.8. The van der Waals surface area contributed by atoms with Crippen molar-refractivity contribution in [3.8, 4) is 5.75 Å². The van der Waals surface area contributed by atoms with Crippen LogP contribution in [0.4, 0.5) is 5.95 Å². The van der Waals surface area contributed by atoms with Gasteiger partial charge in [0.1, 0.15) is 17.9 Å². The summed E-state index contributed by atoms with van der Waals surface area (Å²) in [4.78, 5) is 22.9. The number of benzene rings is 2. The zero-order valence-electron chi connectivity index (χ0n) is 18.0. The molecule has 0 aliphatic carbocycles. The molecular formula is C25H26ClN3O3. The van der Waals surface area contributed by atoms with Gasteiger partial charge in [-0.15, -0.1) is 0 Å². The number of rotatable bonds is 8. The van der Waals surface area contributed by atoms with Crippen molar-refractivity contribution < 1.29 is 14.6 Å². The van der Waals surface area contributed by atoms with E-state index in [1.54, 1.807) is 0 Å². The largest absolute Gasteiger partial charge is 0.487 e. The number of ether oxygens (including phenoxy) is 1. The van der Waals surface area contributed by atoms with E-state index < -0.39 is 5.97 Å². The summed E-state index contributed by atoms with van der Waals surface area (Å²) in [6, 6.07) is 15.8. The highest BCUT2D eigenvalue weighted by molar-refractivity contribution is 6.30. The number of aromatic carboxylic acids is 1. The van der Waals surface area contributed by atoms with E-state index in [1.807, 2.05) is 48.5 Å². The molecule has 2 aromatic carbocycles. The van der Waals surface area contributed by atoms with E-state index >= 15 is 0 Å². The Bertz CT molecular complexity index is 1070. The number of halogens is 1. The Morgan fingerprint density at radius 1 is 1.19 bits per heavy atom. The summed E-state index contributed by atoms with van der Waals surface area (Å²) in [5.41, 5.74) is 2.81. The Balaban J connectivity index is 1.56. The van der Waals surface area contributed by atoms with Crippen LogP contribution in [0.15, 0.2) is 54.7 Å². The van der Waals surface area contributed by atoms with Gasteiger partial charge >= 0.3 is 5.97 Å². The first-order chi connectivity index (χ1) is 15.5. The summed E-state index contributed by atoms with van der Waals surface area (Å²) in [5, 5.41) is 10.3. The fourth-order valence-electron chi connectivity index (χ4n) is 4.06. The molecule has 0 radical (unpaired) electrons. The predicted molar refractivity (Wildman–Crippen MR) is 125 cm³/mol. The van der Waals surface area contributed by atoms with E-state index in [9.17, 15) is 9.90 Å². The number of carbonyl (C=O) groups is 1. The number of nitrogens with zero attached hydrogens (tertiary/aromatic N) is 3. The standard InChI is InChI=1S/C25H26ClN3O3/c1-2-4-17-6-12-20(13-7-17)32-16-22-21(24(30)31)15-27-25(28-22)29-14-3-5-23(29)18-8-10-19(26)11-9-18/h6-13,15,23H,2-5,14,16H2,1H3,(H,30,31)/t23-/m1/s1. The van der Waals surface area contributed by atoms with Gasteiger partial charge in [-0.05, 0) is 54.7 Å². The molecule has 1 aliphatic rings. The van der Waals surface area contributed by atoms with Crippen LogP contribution in [0.3, 0.4) is 0 Å². The van der Waals surface area contributed by atoms with Crippen molar-refractivity contribution in [3.05, 3.63) is 82.1 Å². The van der Waals surface area contributed by atoms with Gasteiger partial charge < -0.3 is 14.7 Å². The van der Waals surface area contributed by atoms with Gasteiger partial charge in [0, 0.05) is 17.8 Å². The first kappa shape index (κ1) is 22.1. The van der Waals surface area contributed by atoms with Crippen LogP contribution in [0.5, 0.6) is 5.75 Å². The van der Waals surface area contributed by atoms with Gasteiger partial charge in [0.05, 0.1) is 11.7 Å². The van der Waals surface area contributed by atoms with Crippen LogP contribution in [0.25, 0.3) is 0 Å². The van der Waals surface area contributed by atoms with E-state index in [0.29, 0.717) is 22.4 Å². The average Bonchev–Trinajstić information content (AvgIpc) is 3.29. The van der Waals surface area contributed by atoms with Crippen molar-refractivity contribution in [3.63, 3.8) is 0 Å². The molecule has 0 bridgehead atoms. The zero-order chi connectivity index (χ0) is 22.5. The van der Waals surface area contributed by atoms with E-state index in [-0.39, 0.29) is 18.2 Å². The van der Waals surface area contributed by atoms with Crippen LogP contribution in [0, 0.1) is 0 Å². The van der Waals surface area contributed by atoms with Gasteiger partial charge in [-0.3, -0.25) is 0 Å². The minimum atomic E-state index is -1.07. The maximum Gasteiger partial charge on any atom is 0.339 e. The number of aryl methyl sites for hydroxylation is 1. The number of carboxylic acids is 1. The van der Waals surface area contributed by atoms with Crippen molar-refractivity contribution in [1.82, 2.24) is 9.97 Å². The molecule has 0 spiro atoms. The van der Waals surface area contributed by atoms with Gasteiger partial charge in [0.25, 0.3) is 0 Å². The molecule has 4 rings (SSSR count). The van der Waals surface area contributed by atoms with Crippen LogP contribution in [-0.4, -0.2) is 27.6 Å². The minimum absolute atomic E-state index is 0.0543. The lowest BCUT2D eigenvalue weighted by Crippen LogP contribution is -2.26. The van der Waals surface area contributed by atoms with Gasteiger partial charge in [-0.25, -0.2) is 14.8 Å². The Hall–Kier alpha value is -3.12. The molecule has 1 N–H and O–H groups in total. The average molecular weight is 452 g/mol. The van der Waals surface area contributed by atoms with Crippen molar-refractivity contribution >= 4 is 23.5 Å². The number of carboxylic acid groups (broad SMARTS) is 1. The van der Waals surface area contributed by atoms with E-state index in [0.717, 1.165) is 37.8 Å². The molecule has 166 valence electrons. The number of anilines is 1. The van der Waals surface area contributed by atoms with E-state index in [1.165, 1.54) is 11.8 Å². The maximum absolute atomic E-state index is 11.7. The predicted octanol–water partition coefficient (Wildman–Crippen LogP) is 5.70. The second kappa shape index (κ2) is 10.0. The van der Waals surface area contributed by atoms with Gasteiger partial charge in [-0.2, -0.15) is 0 Å². The first-order valence-electron chi connectivity index (χ1n) is 10.9. The van der Waals surface area contributed by atoms with Crippen LogP contribution in [0.1, 0.15) is 59.4 Å². The van der Waals surface area contributed by atoms with Crippen molar-refractivity contribution in [1.29, 1.82) is 0 Å². The maximum atomic E-state index is 11.7. The third kappa shape index (κ3) is 5.02. The van der Waals surface area contributed by atoms with Crippen molar-refractivity contribution in [2.75, 3.05) is 11.4 Å². The lowest BCUT2D eigenvalue weighted by atomic mass is 10.1. The molecule has 0 saturated carbocycles. The highest BCUT2D eigenvalue weighted by Gasteiger charge is 2.29. The molecule has 1 saturated heterocycles. The Labute approximate surface area is 192 Å². The second-order valence-electron chi connectivity index (χ2n) is 7.92. The molecule has 1 fully saturated rings. The topological polar surface area (TPSA) is 75.5 Å². The van der Waals surface area contributed by atoms with Gasteiger partial charge in [0.2, 0.25) is 5.95 Å². The smallest absolute Gasteiger partial charge is 0.339 e. The summed E-state index contributed by atoms with van der Waals surface area (Å²) in [6.07, 6.45) is 5.46. The van der Waals surface area contributed by atoms with Gasteiger partial charge in [-0.1, -0.05) is 49.2 Å². The first-order valence-corrected chi connectivity index (χ1v) is 11.3. The number of hydrogen-bond donors (Lipinski definition) is 1. The van der Waals surface area contributed by atoms with Crippen LogP contribution in [-0.2, 0) is 13.0 Å². The summed E-state index contributed by atoms with van der Waals surface area (Å²) >= 11 is 6.04. The summed E-state index contributed by atoms with van der Waals surface area (Å²) in [7, 11) is 0. The summed E-state index contributed by atoms with van der Waals surface area (Å²) in [6.45, 7) is 3.00. The van der Waals surface area contributed by atoms with Crippen LogP contribution in [0.2, 0.25) is 5.02 Å². The minimum Gasteiger partial charge on any atom is -0.487 e. The molecule has 32 heavy (non-hydrogen) atoms. The molecule has 0 amide bonds. The molecule has 6 nitrogen and oxygen atoms in total. The lowest BCUT2D eigenvalue weighted by molar-refractivity contribution is 0.0692. The van der Waals surface area contributed by atoms with Crippen molar-refractivity contribution in [2.24, 2.45) is 0 Å². The highest BCUT2D eigenvalue weighted by Crippen LogP contribution is 2.35. The normalized spacial score (nSPS) is 15.7. The summed E-state index contributed by atoms with van der Waals surface area (Å²) < 4.78 is 5.87.